The van der Waals surface area contributed by atoms with Crippen LogP contribution in [-0.4, -0.2) is 35.8 Å². The number of pyridine rings is 1. The maximum atomic E-state index is 11.8. The Bertz CT molecular complexity index is 538. The second-order valence-electron chi connectivity index (χ2n) is 3.44. The van der Waals surface area contributed by atoms with Crippen LogP contribution in [0.1, 0.15) is 10.5 Å². The molecule has 0 radical (unpaired) electrons. The summed E-state index contributed by atoms with van der Waals surface area (Å²) in [6.45, 7) is 0.885. The van der Waals surface area contributed by atoms with E-state index in [2.05, 4.69) is 10.4 Å². The zero-order valence-corrected chi connectivity index (χ0v) is 10.1. The van der Waals surface area contributed by atoms with Crippen LogP contribution in [0.3, 0.4) is 0 Å². The molecule has 1 N–H and O–H groups in total. The van der Waals surface area contributed by atoms with Crippen LogP contribution in [0.2, 0.25) is 5.02 Å². The topological polar surface area (TPSA) is 55.6 Å². The number of halogens is 1. The zero-order chi connectivity index (χ0) is 12.3. The molecule has 0 saturated heterocycles. The summed E-state index contributed by atoms with van der Waals surface area (Å²) in [5.41, 5.74) is 0.944. The van der Waals surface area contributed by atoms with Crippen LogP contribution in [-0.2, 0) is 4.74 Å². The van der Waals surface area contributed by atoms with Crippen molar-refractivity contribution in [2.24, 2.45) is 0 Å². The molecule has 2 aromatic heterocycles. The third kappa shape index (κ3) is 2.40. The number of carbonyl (C=O) groups excluding carboxylic acids is 1. The number of amides is 1. The highest BCUT2D eigenvalue weighted by molar-refractivity contribution is 6.36. The molecule has 0 aliphatic heterocycles. The zero-order valence-electron chi connectivity index (χ0n) is 9.31. The van der Waals surface area contributed by atoms with Crippen molar-refractivity contribution in [1.82, 2.24) is 14.9 Å². The Morgan fingerprint density at radius 3 is 3.12 bits per heavy atom. The number of hydrogen-bond acceptors (Lipinski definition) is 3. The van der Waals surface area contributed by atoms with Gasteiger partial charge in [-0.05, 0) is 12.1 Å². The van der Waals surface area contributed by atoms with Crippen molar-refractivity contribution in [3.05, 3.63) is 35.1 Å². The van der Waals surface area contributed by atoms with Crippen LogP contribution < -0.4 is 5.32 Å². The second kappa shape index (κ2) is 5.16. The Hall–Kier alpha value is -1.59. The van der Waals surface area contributed by atoms with Gasteiger partial charge < -0.3 is 10.1 Å². The van der Waals surface area contributed by atoms with Crippen molar-refractivity contribution in [3.63, 3.8) is 0 Å². The fraction of sp³-hybridized carbons (Fsp3) is 0.273. The van der Waals surface area contributed by atoms with Gasteiger partial charge in [-0.3, -0.25) is 4.79 Å². The second-order valence-corrected chi connectivity index (χ2v) is 3.82. The van der Waals surface area contributed by atoms with Gasteiger partial charge in [0.05, 0.1) is 17.1 Å². The summed E-state index contributed by atoms with van der Waals surface area (Å²) in [5, 5.41) is 7.16. The van der Waals surface area contributed by atoms with Gasteiger partial charge in [0, 0.05) is 19.9 Å². The normalized spacial score (nSPS) is 10.7. The van der Waals surface area contributed by atoms with E-state index in [4.69, 9.17) is 16.3 Å². The van der Waals surface area contributed by atoms with Gasteiger partial charge in [0.25, 0.3) is 5.91 Å². The molecule has 0 aromatic carbocycles. The first-order valence-electron chi connectivity index (χ1n) is 5.14. The van der Waals surface area contributed by atoms with E-state index in [9.17, 15) is 4.79 Å². The van der Waals surface area contributed by atoms with E-state index < -0.39 is 0 Å². The van der Waals surface area contributed by atoms with E-state index in [1.54, 1.807) is 23.9 Å². The summed E-state index contributed by atoms with van der Waals surface area (Å²) in [7, 11) is 1.57. The number of nitrogens with one attached hydrogen (secondary N) is 1. The number of fused-ring (bicyclic) bond motifs is 1. The molecule has 5 nitrogen and oxygen atoms in total. The molecule has 0 bridgehead atoms. The van der Waals surface area contributed by atoms with Gasteiger partial charge in [-0.25, -0.2) is 4.52 Å². The summed E-state index contributed by atoms with van der Waals surface area (Å²) < 4.78 is 6.42. The number of methoxy groups -OCH3 is 1. The lowest BCUT2D eigenvalue weighted by Crippen LogP contribution is -2.27. The standard InChI is InChI=1S/C11H12ClN3O2/c1-17-7-5-13-11(16)10-9(12)8-4-2-3-6-15(8)14-10/h2-4,6H,5,7H2,1H3,(H,13,16). The predicted octanol–water partition coefficient (Wildman–Crippen LogP) is 1.36. The molecule has 0 fully saturated rings. The number of ether oxygens (including phenoxy) is 1. The van der Waals surface area contributed by atoms with Crippen LogP contribution in [0.15, 0.2) is 24.4 Å². The molecule has 0 saturated carbocycles. The van der Waals surface area contributed by atoms with Crippen LogP contribution >= 0.6 is 11.6 Å². The summed E-state index contributed by atoms with van der Waals surface area (Å²) in [6, 6.07) is 5.47. The van der Waals surface area contributed by atoms with Crippen molar-refractivity contribution < 1.29 is 9.53 Å². The Balaban J connectivity index is 2.23. The summed E-state index contributed by atoms with van der Waals surface area (Å²) in [6.07, 6.45) is 1.74. The molecule has 2 heterocycles. The molecule has 1 amide bonds. The lowest BCUT2D eigenvalue weighted by Gasteiger charge is -2.01. The lowest BCUT2D eigenvalue weighted by molar-refractivity contribution is 0.0932. The molecule has 2 aromatic rings. The molecule has 17 heavy (non-hydrogen) atoms. The number of carbonyl (C=O) groups is 1. The maximum Gasteiger partial charge on any atom is 0.273 e. The first-order valence-corrected chi connectivity index (χ1v) is 5.52. The van der Waals surface area contributed by atoms with Crippen molar-refractivity contribution in [2.45, 2.75) is 0 Å². The van der Waals surface area contributed by atoms with Gasteiger partial charge in [-0.2, -0.15) is 5.10 Å². The van der Waals surface area contributed by atoms with Crippen molar-refractivity contribution >= 4 is 23.0 Å². The average molecular weight is 254 g/mol. The highest BCUT2D eigenvalue weighted by atomic mass is 35.5. The van der Waals surface area contributed by atoms with Crippen LogP contribution in [0, 0.1) is 0 Å². The van der Waals surface area contributed by atoms with E-state index in [-0.39, 0.29) is 11.6 Å². The Morgan fingerprint density at radius 2 is 2.41 bits per heavy atom. The third-order valence-electron chi connectivity index (χ3n) is 2.29. The molecule has 0 atom stereocenters. The quantitative estimate of drug-likeness (QED) is 0.838. The fourth-order valence-corrected chi connectivity index (χ4v) is 1.74. The first-order chi connectivity index (χ1) is 8.24. The molecule has 2 rings (SSSR count). The minimum absolute atomic E-state index is 0.231. The number of hydrogen-bond donors (Lipinski definition) is 1. The third-order valence-corrected chi connectivity index (χ3v) is 2.66. The van der Waals surface area contributed by atoms with Gasteiger partial charge >= 0.3 is 0 Å². The van der Waals surface area contributed by atoms with Crippen LogP contribution in [0.5, 0.6) is 0 Å². The van der Waals surface area contributed by atoms with Gasteiger partial charge in [-0.15, -0.1) is 0 Å². The predicted molar refractivity (Wildman–Crippen MR) is 64.4 cm³/mol. The first kappa shape index (κ1) is 11.9. The van der Waals surface area contributed by atoms with Crippen molar-refractivity contribution in [1.29, 1.82) is 0 Å². The van der Waals surface area contributed by atoms with Gasteiger partial charge in [0.1, 0.15) is 0 Å². The Morgan fingerprint density at radius 1 is 1.59 bits per heavy atom. The molecule has 0 unspecified atom stereocenters. The van der Waals surface area contributed by atoms with Gasteiger partial charge in [0.2, 0.25) is 0 Å². The number of nitrogens with zero attached hydrogens (tertiary/aromatic N) is 2. The van der Waals surface area contributed by atoms with E-state index >= 15 is 0 Å². The SMILES string of the molecule is COCCNC(=O)c1nn2ccccc2c1Cl. The van der Waals surface area contributed by atoms with E-state index in [0.717, 1.165) is 0 Å². The molecule has 0 spiro atoms. The number of aromatic nitrogens is 2. The van der Waals surface area contributed by atoms with E-state index in [0.29, 0.717) is 23.7 Å². The van der Waals surface area contributed by atoms with Gasteiger partial charge in [0.15, 0.2) is 5.69 Å². The van der Waals surface area contributed by atoms with E-state index in [1.165, 1.54) is 0 Å². The van der Waals surface area contributed by atoms with Crippen molar-refractivity contribution in [3.8, 4) is 0 Å². The fourth-order valence-electron chi connectivity index (χ4n) is 1.46. The number of rotatable bonds is 4. The lowest BCUT2D eigenvalue weighted by atomic mass is 10.3. The summed E-state index contributed by atoms with van der Waals surface area (Å²) >= 11 is 6.09. The van der Waals surface area contributed by atoms with Crippen LogP contribution in [0.25, 0.3) is 5.52 Å². The van der Waals surface area contributed by atoms with E-state index in [1.807, 2.05) is 12.1 Å². The molecule has 90 valence electrons. The highest BCUT2D eigenvalue weighted by Crippen LogP contribution is 2.21. The van der Waals surface area contributed by atoms with Crippen LogP contribution in [0.4, 0.5) is 0 Å². The maximum absolute atomic E-state index is 11.8. The molecular formula is C11H12ClN3O2. The minimum atomic E-state index is -0.296. The molecule has 0 aliphatic carbocycles. The summed E-state index contributed by atoms with van der Waals surface area (Å²) in [4.78, 5) is 11.8. The summed E-state index contributed by atoms with van der Waals surface area (Å²) in [5.74, 6) is -0.296. The smallest absolute Gasteiger partial charge is 0.273 e. The largest absolute Gasteiger partial charge is 0.383 e. The highest BCUT2D eigenvalue weighted by Gasteiger charge is 2.16. The molecular weight excluding hydrogens is 242 g/mol. The Labute approximate surface area is 103 Å². The Kier molecular flexibility index (Phi) is 3.61. The van der Waals surface area contributed by atoms with Gasteiger partial charge in [-0.1, -0.05) is 17.7 Å². The molecule has 0 aliphatic rings. The minimum Gasteiger partial charge on any atom is -0.383 e. The average Bonchev–Trinajstić information content (AvgIpc) is 2.68. The molecule has 6 heteroatoms. The monoisotopic (exact) mass is 253 g/mol. The van der Waals surface area contributed by atoms with Crippen molar-refractivity contribution in [2.75, 3.05) is 20.3 Å².